The fraction of sp³-hybridized carbons (Fsp3) is 0.206. The average molecular weight is 590 g/mol. The highest BCUT2D eigenvalue weighted by molar-refractivity contribution is 6.59. The zero-order chi connectivity index (χ0) is 31.5. The van der Waals surface area contributed by atoms with Crippen LogP contribution in [0.2, 0.25) is 0 Å². The lowest BCUT2D eigenvalue weighted by atomic mass is 9.77. The van der Waals surface area contributed by atoms with Crippen molar-refractivity contribution in [3.8, 4) is 0 Å². The van der Waals surface area contributed by atoms with E-state index in [0.29, 0.717) is 42.7 Å². The zero-order valence-electron chi connectivity index (χ0n) is 25.1. The lowest BCUT2D eigenvalue weighted by molar-refractivity contribution is 0.0696. The summed E-state index contributed by atoms with van der Waals surface area (Å²) < 4.78 is 0. The van der Waals surface area contributed by atoms with Crippen molar-refractivity contribution in [2.75, 3.05) is 14.1 Å². The van der Waals surface area contributed by atoms with E-state index in [1.165, 1.54) is 0 Å². The van der Waals surface area contributed by atoms with Gasteiger partial charge in [0.15, 0.2) is 0 Å². The number of carboxylic acid groups (broad SMARTS) is 1. The molecule has 0 bridgehead atoms. The van der Waals surface area contributed by atoms with Gasteiger partial charge in [0.1, 0.15) is 0 Å². The first-order chi connectivity index (χ1) is 21.1. The Labute approximate surface area is 257 Å². The molecular formula is C34H36B2N2O6. The number of rotatable bonds is 11. The van der Waals surface area contributed by atoms with Gasteiger partial charge in [0, 0.05) is 26.2 Å². The lowest BCUT2D eigenvalue weighted by Crippen LogP contribution is -2.35. The maximum atomic E-state index is 12.3. The molecule has 5 aromatic rings. The molecule has 5 aromatic carbocycles. The van der Waals surface area contributed by atoms with Crippen LogP contribution in [0.15, 0.2) is 84.9 Å². The van der Waals surface area contributed by atoms with Gasteiger partial charge in [0.25, 0.3) is 0 Å². The Hall–Kier alpha value is -4.02. The number of aryl methyl sites for hydroxylation is 1. The third-order valence-electron chi connectivity index (χ3n) is 8.30. The molecule has 0 radical (unpaired) electrons. The molecule has 0 fully saturated rings. The second-order valence-corrected chi connectivity index (χ2v) is 11.5. The summed E-state index contributed by atoms with van der Waals surface area (Å²) in [6.07, 6.45) is 0. The van der Waals surface area contributed by atoms with E-state index in [-0.39, 0.29) is 5.56 Å². The molecule has 8 nitrogen and oxygen atoms in total. The third-order valence-corrected chi connectivity index (χ3v) is 8.30. The summed E-state index contributed by atoms with van der Waals surface area (Å²) in [6, 6.07) is 26.2. The molecule has 0 aliphatic carbocycles. The summed E-state index contributed by atoms with van der Waals surface area (Å²) in [6.45, 7) is 3.83. The predicted octanol–water partition coefficient (Wildman–Crippen LogP) is 2.62. The summed E-state index contributed by atoms with van der Waals surface area (Å²) in [7, 11) is 0.799. The monoisotopic (exact) mass is 590 g/mol. The second-order valence-electron chi connectivity index (χ2n) is 11.5. The quantitative estimate of drug-likeness (QED) is 0.118. The fourth-order valence-corrected chi connectivity index (χ4v) is 6.30. The summed E-state index contributed by atoms with van der Waals surface area (Å²) >= 11 is 0. The van der Waals surface area contributed by atoms with Gasteiger partial charge < -0.3 is 25.2 Å². The predicted molar refractivity (Wildman–Crippen MR) is 176 cm³/mol. The first kappa shape index (κ1) is 31.4. The van der Waals surface area contributed by atoms with E-state index >= 15 is 0 Å². The minimum absolute atomic E-state index is 0.246. The topological polar surface area (TPSA) is 125 Å². The standard InChI is InChI=1S/C34H36B2N2O6/c1-22-25(34(39)40)16-17-28-29(20-37(2)18-23-10-4-8-14-31(23)35(41)42)26-12-6-7-13-27(26)30(33(22)28)21-38(3)19-24-11-5-9-15-32(24)36(43)44/h4-17,41-44H,18-21H2,1-3H3,(H,39,40). The maximum Gasteiger partial charge on any atom is 0.488 e. The number of hydrogen-bond acceptors (Lipinski definition) is 7. The molecule has 0 saturated carbocycles. The number of carbonyl (C=O) groups is 1. The molecule has 0 spiro atoms. The minimum atomic E-state index is -1.58. The highest BCUT2D eigenvalue weighted by atomic mass is 16.4. The lowest BCUT2D eigenvalue weighted by Gasteiger charge is -2.26. The van der Waals surface area contributed by atoms with E-state index < -0.39 is 20.2 Å². The summed E-state index contributed by atoms with van der Waals surface area (Å²) in [5, 5.41) is 53.5. The molecule has 44 heavy (non-hydrogen) atoms. The van der Waals surface area contributed by atoms with Gasteiger partial charge in [-0.15, -0.1) is 0 Å². The van der Waals surface area contributed by atoms with E-state index in [9.17, 15) is 30.0 Å². The van der Waals surface area contributed by atoms with Crippen molar-refractivity contribution in [3.63, 3.8) is 0 Å². The van der Waals surface area contributed by atoms with Crippen LogP contribution >= 0.6 is 0 Å². The molecule has 0 amide bonds. The third kappa shape index (κ3) is 6.41. The van der Waals surface area contributed by atoms with Gasteiger partial charge in [-0.05, 0) is 87.4 Å². The van der Waals surface area contributed by atoms with Gasteiger partial charge >= 0.3 is 20.2 Å². The highest BCUT2D eigenvalue weighted by Crippen LogP contribution is 2.37. The fourth-order valence-electron chi connectivity index (χ4n) is 6.30. The van der Waals surface area contributed by atoms with Gasteiger partial charge in [0.2, 0.25) is 0 Å². The first-order valence-electron chi connectivity index (χ1n) is 14.5. The SMILES string of the molecule is Cc1c(C(=O)O)ccc2c(CN(C)Cc3ccccc3B(O)O)c3ccccc3c(CN(C)Cc3ccccc3B(O)O)c12. The highest BCUT2D eigenvalue weighted by Gasteiger charge is 2.23. The summed E-state index contributed by atoms with van der Waals surface area (Å²) in [4.78, 5) is 16.5. The van der Waals surface area contributed by atoms with E-state index in [1.807, 2.05) is 63.5 Å². The number of hydrogen-bond donors (Lipinski definition) is 5. The van der Waals surface area contributed by atoms with Gasteiger partial charge in [-0.25, -0.2) is 4.79 Å². The second kappa shape index (κ2) is 13.3. The first-order valence-corrected chi connectivity index (χ1v) is 14.5. The number of carboxylic acids is 1. The number of benzene rings is 5. The zero-order valence-corrected chi connectivity index (χ0v) is 25.1. The van der Waals surface area contributed by atoms with Gasteiger partial charge in [-0.2, -0.15) is 0 Å². The van der Waals surface area contributed by atoms with Crippen molar-refractivity contribution in [3.05, 3.63) is 118 Å². The van der Waals surface area contributed by atoms with Crippen molar-refractivity contribution < 1.29 is 30.0 Å². The molecule has 10 heteroatoms. The van der Waals surface area contributed by atoms with Crippen LogP contribution in [0.1, 0.15) is 38.2 Å². The van der Waals surface area contributed by atoms with Crippen molar-refractivity contribution >= 4 is 52.7 Å². The van der Waals surface area contributed by atoms with Crippen LogP contribution in [0, 0.1) is 6.92 Å². The van der Waals surface area contributed by atoms with E-state index in [0.717, 1.165) is 43.8 Å². The minimum Gasteiger partial charge on any atom is -0.478 e. The van der Waals surface area contributed by atoms with Crippen LogP contribution < -0.4 is 10.9 Å². The van der Waals surface area contributed by atoms with Crippen LogP contribution in [0.3, 0.4) is 0 Å². The average Bonchev–Trinajstić information content (AvgIpc) is 2.99. The summed E-state index contributed by atoms with van der Waals surface area (Å²) in [5.41, 5.74) is 5.52. The van der Waals surface area contributed by atoms with Crippen molar-refractivity contribution in [2.45, 2.75) is 33.1 Å². The Kier molecular flexibility index (Phi) is 9.50. The number of fused-ring (bicyclic) bond motifs is 2. The number of nitrogens with zero attached hydrogens (tertiary/aromatic N) is 2. The molecule has 0 atom stereocenters. The molecule has 0 saturated heterocycles. The number of aromatic carboxylic acids is 1. The molecule has 5 rings (SSSR count). The molecule has 224 valence electrons. The molecule has 5 N–H and O–H groups in total. The Morgan fingerprint density at radius 1 is 0.614 bits per heavy atom. The Bertz CT molecular complexity index is 1830. The van der Waals surface area contributed by atoms with E-state index in [4.69, 9.17) is 0 Å². The van der Waals surface area contributed by atoms with Gasteiger partial charge in [-0.1, -0.05) is 78.9 Å². The molecule has 0 unspecified atom stereocenters. The van der Waals surface area contributed by atoms with Crippen LogP contribution in [0.25, 0.3) is 21.5 Å². The van der Waals surface area contributed by atoms with Crippen LogP contribution in [0.4, 0.5) is 0 Å². The van der Waals surface area contributed by atoms with Crippen LogP contribution in [-0.4, -0.2) is 69.3 Å². The molecule has 0 aliphatic rings. The van der Waals surface area contributed by atoms with E-state index in [2.05, 4.69) is 21.9 Å². The maximum absolute atomic E-state index is 12.3. The van der Waals surface area contributed by atoms with Gasteiger partial charge in [-0.3, -0.25) is 9.80 Å². The molecule has 0 aromatic heterocycles. The Balaban J connectivity index is 1.62. The Morgan fingerprint density at radius 2 is 1.07 bits per heavy atom. The molecule has 0 aliphatic heterocycles. The van der Waals surface area contributed by atoms with Crippen LogP contribution in [0.5, 0.6) is 0 Å². The van der Waals surface area contributed by atoms with Gasteiger partial charge in [0.05, 0.1) is 5.56 Å². The molecule has 0 heterocycles. The largest absolute Gasteiger partial charge is 0.488 e. The van der Waals surface area contributed by atoms with E-state index in [1.54, 1.807) is 30.3 Å². The van der Waals surface area contributed by atoms with Crippen molar-refractivity contribution in [2.24, 2.45) is 0 Å². The van der Waals surface area contributed by atoms with Crippen LogP contribution in [-0.2, 0) is 26.2 Å². The van der Waals surface area contributed by atoms with Crippen molar-refractivity contribution in [1.29, 1.82) is 0 Å². The summed E-state index contributed by atoms with van der Waals surface area (Å²) in [5.74, 6) is -0.986. The molecular weight excluding hydrogens is 554 g/mol. The smallest absolute Gasteiger partial charge is 0.478 e. The Morgan fingerprint density at radius 3 is 1.57 bits per heavy atom. The normalized spacial score (nSPS) is 11.6. The van der Waals surface area contributed by atoms with Crippen molar-refractivity contribution in [1.82, 2.24) is 9.80 Å².